The van der Waals surface area contributed by atoms with Crippen LogP contribution in [0.15, 0.2) is 0 Å². The fraction of sp³-hybridized carbons (Fsp3) is 0.733. The molecule has 1 atom stereocenters. The number of carbonyl (C=O) groups excluding carboxylic acids is 1. The first kappa shape index (κ1) is 13.6. The number of aromatic amines is 1. The van der Waals surface area contributed by atoms with Gasteiger partial charge in [-0.05, 0) is 25.2 Å². The van der Waals surface area contributed by atoms with Gasteiger partial charge in [0, 0.05) is 43.9 Å². The lowest BCUT2D eigenvalue weighted by atomic mass is 9.93. The molecule has 0 aliphatic carbocycles. The standard InChI is InChI=1S/C15H24N4O/c1-2-4-11-5-3-8-19(10-11)15(20)14-12-9-16-7-6-13(12)17-18-14/h11,16H,2-10H2,1H3,(H,17,18). The Morgan fingerprint density at radius 1 is 1.50 bits per heavy atom. The van der Waals surface area contributed by atoms with Gasteiger partial charge in [0.05, 0.1) is 0 Å². The van der Waals surface area contributed by atoms with E-state index in [4.69, 9.17) is 0 Å². The van der Waals surface area contributed by atoms with Gasteiger partial charge >= 0.3 is 0 Å². The van der Waals surface area contributed by atoms with Crippen molar-refractivity contribution in [2.24, 2.45) is 5.92 Å². The van der Waals surface area contributed by atoms with E-state index in [1.54, 1.807) is 0 Å². The van der Waals surface area contributed by atoms with Crippen LogP contribution in [0.3, 0.4) is 0 Å². The van der Waals surface area contributed by atoms with Crippen molar-refractivity contribution >= 4 is 5.91 Å². The summed E-state index contributed by atoms with van der Waals surface area (Å²) in [5, 5.41) is 10.7. The van der Waals surface area contributed by atoms with Crippen LogP contribution in [-0.2, 0) is 13.0 Å². The van der Waals surface area contributed by atoms with Gasteiger partial charge in [0.25, 0.3) is 5.91 Å². The molecule has 2 N–H and O–H groups in total. The minimum atomic E-state index is 0.118. The van der Waals surface area contributed by atoms with E-state index in [2.05, 4.69) is 22.4 Å². The van der Waals surface area contributed by atoms with Gasteiger partial charge in [-0.1, -0.05) is 13.3 Å². The van der Waals surface area contributed by atoms with Crippen LogP contribution >= 0.6 is 0 Å². The summed E-state index contributed by atoms with van der Waals surface area (Å²) in [5.74, 6) is 0.789. The van der Waals surface area contributed by atoms with E-state index in [9.17, 15) is 4.79 Å². The second-order valence-corrected chi connectivity index (χ2v) is 6.00. The summed E-state index contributed by atoms with van der Waals surface area (Å²) in [6, 6.07) is 0. The minimum Gasteiger partial charge on any atom is -0.337 e. The third-order valence-corrected chi connectivity index (χ3v) is 4.51. The van der Waals surface area contributed by atoms with E-state index >= 15 is 0 Å². The predicted molar refractivity (Wildman–Crippen MR) is 77.5 cm³/mol. The van der Waals surface area contributed by atoms with Crippen molar-refractivity contribution in [1.29, 1.82) is 0 Å². The molecule has 3 heterocycles. The molecule has 0 aromatic carbocycles. The van der Waals surface area contributed by atoms with Gasteiger partial charge < -0.3 is 10.2 Å². The third kappa shape index (κ3) is 2.59. The summed E-state index contributed by atoms with van der Waals surface area (Å²) in [4.78, 5) is 14.7. The first-order valence-corrected chi connectivity index (χ1v) is 7.85. The van der Waals surface area contributed by atoms with Crippen molar-refractivity contribution in [1.82, 2.24) is 20.4 Å². The zero-order valence-electron chi connectivity index (χ0n) is 12.2. The van der Waals surface area contributed by atoms with Gasteiger partial charge in [-0.25, -0.2) is 0 Å². The molecule has 0 bridgehead atoms. The highest BCUT2D eigenvalue weighted by molar-refractivity contribution is 5.94. The molecular weight excluding hydrogens is 252 g/mol. The summed E-state index contributed by atoms with van der Waals surface area (Å²) in [6.07, 6.45) is 5.76. The molecule has 0 saturated carbocycles. The maximum absolute atomic E-state index is 12.7. The zero-order valence-corrected chi connectivity index (χ0v) is 12.2. The van der Waals surface area contributed by atoms with E-state index in [-0.39, 0.29) is 5.91 Å². The largest absolute Gasteiger partial charge is 0.337 e. The Hall–Kier alpha value is -1.36. The molecule has 0 radical (unpaired) electrons. The smallest absolute Gasteiger partial charge is 0.274 e. The third-order valence-electron chi connectivity index (χ3n) is 4.51. The number of H-pyrrole nitrogens is 1. The average Bonchev–Trinajstić information content (AvgIpc) is 2.91. The Morgan fingerprint density at radius 3 is 3.25 bits per heavy atom. The summed E-state index contributed by atoms with van der Waals surface area (Å²) in [5.41, 5.74) is 2.86. The Balaban J connectivity index is 1.73. The van der Waals surface area contributed by atoms with Crippen LogP contribution in [0.2, 0.25) is 0 Å². The number of rotatable bonds is 3. The number of aromatic nitrogens is 2. The second-order valence-electron chi connectivity index (χ2n) is 6.00. The summed E-state index contributed by atoms with van der Waals surface area (Å²) < 4.78 is 0. The molecule has 1 amide bonds. The highest BCUT2D eigenvalue weighted by Gasteiger charge is 2.28. The van der Waals surface area contributed by atoms with Gasteiger partial charge in [0.1, 0.15) is 0 Å². The number of nitrogens with one attached hydrogen (secondary N) is 2. The summed E-state index contributed by atoms with van der Waals surface area (Å²) in [7, 11) is 0. The number of nitrogens with zero attached hydrogens (tertiary/aromatic N) is 2. The number of amides is 1. The molecular formula is C15H24N4O. The van der Waals surface area contributed by atoms with Crippen LogP contribution in [0.1, 0.15) is 54.4 Å². The van der Waals surface area contributed by atoms with Crippen LogP contribution in [0, 0.1) is 5.92 Å². The molecule has 0 spiro atoms. The van der Waals surface area contributed by atoms with Crippen molar-refractivity contribution in [3.8, 4) is 0 Å². The Bertz CT molecular complexity index is 480. The minimum absolute atomic E-state index is 0.118. The predicted octanol–water partition coefficient (Wildman–Crippen LogP) is 1.71. The Morgan fingerprint density at radius 2 is 2.40 bits per heavy atom. The lowest BCUT2D eigenvalue weighted by Crippen LogP contribution is -2.40. The molecule has 3 rings (SSSR count). The van der Waals surface area contributed by atoms with Gasteiger partial charge in [-0.2, -0.15) is 5.10 Å². The molecule has 2 aliphatic heterocycles. The zero-order chi connectivity index (χ0) is 13.9. The molecule has 110 valence electrons. The van der Waals surface area contributed by atoms with Crippen LogP contribution < -0.4 is 5.32 Å². The number of hydrogen-bond donors (Lipinski definition) is 2. The lowest BCUT2D eigenvalue weighted by Gasteiger charge is -2.32. The number of piperidine rings is 1. The highest BCUT2D eigenvalue weighted by atomic mass is 16.2. The van der Waals surface area contributed by atoms with Gasteiger partial charge in [0.2, 0.25) is 0 Å². The molecule has 5 nitrogen and oxygen atoms in total. The van der Waals surface area contributed by atoms with E-state index in [0.29, 0.717) is 11.6 Å². The molecule has 1 aromatic heterocycles. The Kier molecular flexibility index (Phi) is 4.05. The first-order chi connectivity index (χ1) is 9.79. The molecule has 20 heavy (non-hydrogen) atoms. The topological polar surface area (TPSA) is 61.0 Å². The van der Waals surface area contributed by atoms with E-state index in [1.807, 2.05) is 4.90 Å². The van der Waals surface area contributed by atoms with Crippen molar-refractivity contribution in [3.63, 3.8) is 0 Å². The van der Waals surface area contributed by atoms with Crippen molar-refractivity contribution in [2.75, 3.05) is 19.6 Å². The number of fused-ring (bicyclic) bond motifs is 1. The molecule has 5 heteroatoms. The van der Waals surface area contributed by atoms with Crippen molar-refractivity contribution < 1.29 is 4.79 Å². The fourth-order valence-electron chi connectivity index (χ4n) is 3.45. The van der Waals surface area contributed by atoms with Crippen molar-refractivity contribution in [2.45, 2.75) is 45.6 Å². The van der Waals surface area contributed by atoms with Crippen molar-refractivity contribution in [3.05, 3.63) is 17.0 Å². The van der Waals surface area contributed by atoms with E-state index in [0.717, 1.165) is 50.3 Å². The van der Waals surface area contributed by atoms with Gasteiger partial charge in [-0.15, -0.1) is 0 Å². The van der Waals surface area contributed by atoms with E-state index < -0.39 is 0 Å². The van der Waals surface area contributed by atoms with Crippen LogP contribution in [-0.4, -0.2) is 40.6 Å². The number of carbonyl (C=O) groups is 1. The second kappa shape index (κ2) is 5.95. The molecule has 1 saturated heterocycles. The quantitative estimate of drug-likeness (QED) is 0.883. The summed E-state index contributed by atoms with van der Waals surface area (Å²) >= 11 is 0. The Labute approximate surface area is 120 Å². The highest BCUT2D eigenvalue weighted by Crippen LogP contribution is 2.24. The SMILES string of the molecule is CCCC1CCCN(C(=O)c2n[nH]c3c2CNCC3)C1. The van der Waals surface area contributed by atoms with Gasteiger partial charge in [0.15, 0.2) is 5.69 Å². The van der Waals surface area contributed by atoms with E-state index in [1.165, 1.54) is 19.3 Å². The van der Waals surface area contributed by atoms with Gasteiger partial charge in [-0.3, -0.25) is 9.89 Å². The first-order valence-electron chi connectivity index (χ1n) is 7.85. The van der Waals surface area contributed by atoms with Crippen LogP contribution in [0.25, 0.3) is 0 Å². The lowest BCUT2D eigenvalue weighted by molar-refractivity contribution is 0.0660. The maximum atomic E-state index is 12.7. The monoisotopic (exact) mass is 276 g/mol. The summed E-state index contributed by atoms with van der Waals surface area (Å²) in [6.45, 7) is 5.73. The maximum Gasteiger partial charge on any atom is 0.274 e. The molecule has 1 unspecified atom stereocenters. The number of likely N-dealkylation sites (tertiary alicyclic amines) is 1. The normalized spacial score (nSPS) is 22.6. The number of hydrogen-bond acceptors (Lipinski definition) is 3. The molecule has 1 fully saturated rings. The van der Waals surface area contributed by atoms with Crippen LogP contribution in [0.4, 0.5) is 0 Å². The van der Waals surface area contributed by atoms with Crippen LogP contribution in [0.5, 0.6) is 0 Å². The molecule has 2 aliphatic rings. The molecule has 1 aromatic rings. The fourth-order valence-corrected chi connectivity index (χ4v) is 3.45. The average molecular weight is 276 g/mol.